The van der Waals surface area contributed by atoms with E-state index in [2.05, 4.69) is 10.3 Å². The summed E-state index contributed by atoms with van der Waals surface area (Å²) in [6.45, 7) is 1.79. The van der Waals surface area contributed by atoms with Crippen LogP contribution in [0.3, 0.4) is 0 Å². The van der Waals surface area contributed by atoms with Crippen molar-refractivity contribution in [2.45, 2.75) is 13.3 Å². The molecule has 6 heteroatoms. The second-order valence-electron chi connectivity index (χ2n) is 7.50. The molecule has 3 aromatic carbocycles. The molecule has 0 spiro atoms. The van der Waals surface area contributed by atoms with Gasteiger partial charge >= 0.3 is 5.97 Å². The Morgan fingerprint density at radius 1 is 1.03 bits per heavy atom. The van der Waals surface area contributed by atoms with Gasteiger partial charge in [-0.3, -0.25) is 4.79 Å². The van der Waals surface area contributed by atoms with Crippen molar-refractivity contribution in [3.05, 3.63) is 93.6 Å². The first-order chi connectivity index (χ1) is 14.9. The van der Waals surface area contributed by atoms with Crippen molar-refractivity contribution < 1.29 is 14.7 Å². The highest BCUT2D eigenvalue weighted by Gasteiger charge is 2.12. The number of carboxylic acids is 1. The van der Waals surface area contributed by atoms with Gasteiger partial charge in [-0.25, -0.2) is 4.79 Å². The largest absolute Gasteiger partial charge is 0.478 e. The van der Waals surface area contributed by atoms with Crippen LogP contribution in [0.5, 0.6) is 0 Å². The molecule has 4 rings (SSSR count). The van der Waals surface area contributed by atoms with Gasteiger partial charge in [0.1, 0.15) is 0 Å². The van der Waals surface area contributed by atoms with E-state index >= 15 is 0 Å². The molecule has 0 fully saturated rings. The fourth-order valence-electron chi connectivity index (χ4n) is 3.71. The zero-order valence-electron chi connectivity index (χ0n) is 17.1. The van der Waals surface area contributed by atoms with E-state index in [0.717, 1.165) is 38.9 Å². The van der Waals surface area contributed by atoms with Crippen LogP contribution in [0, 0.1) is 6.92 Å². The minimum atomic E-state index is -0.921. The van der Waals surface area contributed by atoms with Gasteiger partial charge in [-0.1, -0.05) is 35.9 Å². The highest BCUT2D eigenvalue weighted by atomic mass is 35.5. The van der Waals surface area contributed by atoms with Crippen LogP contribution in [-0.2, 0) is 6.42 Å². The van der Waals surface area contributed by atoms with Gasteiger partial charge in [0.2, 0.25) is 0 Å². The van der Waals surface area contributed by atoms with E-state index in [-0.39, 0.29) is 5.91 Å². The zero-order valence-corrected chi connectivity index (χ0v) is 17.9. The molecule has 0 bridgehead atoms. The SMILES string of the molecule is CNC(=O)c1ccc(-c2cc3cc(Cc4ccc(C)c(C(=O)O)c4)[nH]c3cc2Cl)cc1. The summed E-state index contributed by atoms with van der Waals surface area (Å²) in [5.74, 6) is -1.06. The molecular formula is C25H21ClN2O3. The third-order valence-corrected chi connectivity index (χ3v) is 5.69. The molecule has 4 aromatic rings. The molecule has 156 valence electrons. The molecule has 0 aliphatic heterocycles. The first-order valence-corrected chi connectivity index (χ1v) is 10.2. The number of carbonyl (C=O) groups excluding carboxylic acids is 1. The Hall–Kier alpha value is -3.57. The van der Waals surface area contributed by atoms with Crippen LogP contribution in [0.15, 0.2) is 60.7 Å². The zero-order chi connectivity index (χ0) is 22.1. The van der Waals surface area contributed by atoms with E-state index in [9.17, 15) is 14.7 Å². The van der Waals surface area contributed by atoms with Crippen molar-refractivity contribution in [3.8, 4) is 11.1 Å². The molecule has 0 saturated carbocycles. The maximum Gasteiger partial charge on any atom is 0.335 e. The standard InChI is InChI=1S/C25H21ClN2O3/c1-14-3-4-15(10-20(14)25(30)31)9-19-11-18-12-21(22(26)13-23(18)28-19)16-5-7-17(8-6-16)24(29)27-2/h3-8,10-13,28H,9H2,1-2H3,(H,27,29)(H,30,31). The third-order valence-electron chi connectivity index (χ3n) is 5.38. The van der Waals surface area contributed by atoms with Crippen molar-refractivity contribution >= 4 is 34.4 Å². The number of H-pyrrole nitrogens is 1. The highest BCUT2D eigenvalue weighted by molar-refractivity contribution is 6.34. The molecule has 1 amide bonds. The normalized spacial score (nSPS) is 10.9. The summed E-state index contributed by atoms with van der Waals surface area (Å²) in [5, 5.41) is 13.6. The maximum atomic E-state index is 11.8. The molecule has 0 radical (unpaired) electrons. The number of aryl methyl sites for hydroxylation is 1. The molecule has 31 heavy (non-hydrogen) atoms. The van der Waals surface area contributed by atoms with Crippen LogP contribution in [0.4, 0.5) is 0 Å². The number of aromatic carboxylic acids is 1. The molecular weight excluding hydrogens is 412 g/mol. The molecule has 1 aromatic heterocycles. The number of aromatic amines is 1. The lowest BCUT2D eigenvalue weighted by molar-refractivity contribution is 0.0695. The second kappa shape index (κ2) is 8.28. The van der Waals surface area contributed by atoms with E-state index in [1.54, 1.807) is 32.2 Å². The number of hydrogen-bond donors (Lipinski definition) is 3. The number of carboxylic acid groups (broad SMARTS) is 1. The molecule has 5 nitrogen and oxygen atoms in total. The molecule has 3 N–H and O–H groups in total. The first-order valence-electron chi connectivity index (χ1n) is 9.82. The Morgan fingerprint density at radius 3 is 2.45 bits per heavy atom. The van der Waals surface area contributed by atoms with Gasteiger partial charge in [-0.2, -0.15) is 0 Å². The monoisotopic (exact) mass is 432 g/mol. The van der Waals surface area contributed by atoms with E-state index in [1.807, 2.05) is 42.5 Å². The minimum Gasteiger partial charge on any atom is -0.478 e. The van der Waals surface area contributed by atoms with Crippen molar-refractivity contribution in [2.75, 3.05) is 7.05 Å². The quantitative estimate of drug-likeness (QED) is 0.392. The van der Waals surface area contributed by atoms with Crippen molar-refractivity contribution in [1.82, 2.24) is 10.3 Å². The lowest BCUT2D eigenvalue weighted by Crippen LogP contribution is -2.17. The van der Waals surface area contributed by atoms with Crippen LogP contribution in [0.1, 0.15) is 37.5 Å². The molecule has 0 aliphatic carbocycles. The van der Waals surface area contributed by atoms with Gasteiger partial charge in [0.05, 0.1) is 10.6 Å². The van der Waals surface area contributed by atoms with Crippen molar-refractivity contribution in [1.29, 1.82) is 0 Å². The molecule has 1 heterocycles. The number of halogens is 1. The van der Waals surface area contributed by atoms with E-state index in [0.29, 0.717) is 22.6 Å². The van der Waals surface area contributed by atoms with Crippen LogP contribution >= 0.6 is 11.6 Å². The molecule has 0 aliphatic rings. The predicted octanol–water partition coefficient (Wildman–Crippen LogP) is 5.45. The predicted molar refractivity (Wildman–Crippen MR) is 123 cm³/mol. The first kappa shape index (κ1) is 20.7. The summed E-state index contributed by atoms with van der Waals surface area (Å²) in [7, 11) is 1.60. The van der Waals surface area contributed by atoms with Crippen LogP contribution in [0.2, 0.25) is 5.02 Å². The van der Waals surface area contributed by atoms with Gasteiger partial charge < -0.3 is 15.4 Å². The fraction of sp³-hybridized carbons (Fsp3) is 0.120. The van der Waals surface area contributed by atoms with E-state index in [4.69, 9.17) is 11.6 Å². The van der Waals surface area contributed by atoms with Gasteiger partial charge in [-0.05, 0) is 60.0 Å². The van der Waals surface area contributed by atoms with Gasteiger partial charge in [0.25, 0.3) is 5.91 Å². The van der Waals surface area contributed by atoms with E-state index < -0.39 is 5.97 Å². The summed E-state index contributed by atoms with van der Waals surface area (Å²) in [4.78, 5) is 26.5. The number of rotatable bonds is 5. The van der Waals surface area contributed by atoms with Crippen molar-refractivity contribution in [2.24, 2.45) is 0 Å². The Kier molecular flexibility index (Phi) is 5.53. The maximum absolute atomic E-state index is 11.8. The Bertz CT molecular complexity index is 1310. The third kappa shape index (κ3) is 4.18. The van der Waals surface area contributed by atoms with Gasteiger partial charge in [0.15, 0.2) is 0 Å². The van der Waals surface area contributed by atoms with Crippen LogP contribution < -0.4 is 5.32 Å². The number of fused-ring (bicyclic) bond motifs is 1. The summed E-state index contributed by atoms with van der Waals surface area (Å²) in [5.41, 5.74) is 6.26. The van der Waals surface area contributed by atoms with Crippen LogP contribution in [-0.4, -0.2) is 29.0 Å². The number of amides is 1. The highest BCUT2D eigenvalue weighted by Crippen LogP contribution is 2.33. The minimum absolute atomic E-state index is 0.134. The van der Waals surface area contributed by atoms with Gasteiger partial charge in [0, 0.05) is 41.2 Å². The topological polar surface area (TPSA) is 82.2 Å². The number of carbonyl (C=O) groups is 2. The van der Waals surface area contributed by atoms with Gasteiger partial charge in [-0.15, -0.1) is 0 Å². The average molecular weight is 433 g/mol. The summed E-state index contributed by atoms with van der Waals surface area (Å²) >= 11 is 6.55. The molecule has 0 saturated heterocycles. The van der Waals surface area contributed by atoms with Crippen LogP contribution in [0.25, 0.3) is 22.0 Å². The summed E-state index contributed by atoms with van der Waals surface area (Å²) < 4.78 is 0. The second-order valence-corrected chi connectivity index (χ2v) is 7.91. The number of nitrogens with one attached hydrogen (secondary N) is 2. The lowest BCUT2D eigenvalue weighted by atomic mass is 10.0. The summed E-state index contributed by atoms with van der Waals surface area (Å²) in [6, 6.07) is 18.8. The summed E-state index contributed by atoms with van der Waals surface area (Å²) in [6.07, 6.45) is 0.586. The van der Waals surface area contributed by atoms with Crippen molar-refractivity contribution in [3.63, 3.8) is 0 Å². The number of benzene rings is 3. The molecule has 0 atom stereocenters. The Morgan fingerprint density at radius 2 is 1.77 bits per heavy atom. The smallest absolute Gasteiger partial charge is 0.335 e. The van der Waals surface area contributed by atoms with E-state index in [1.165, 1.54) is 0 Å². The fourth-order valence-corrected chi connectivity index (χ4v) is 3.98. The number of aromatic nitrogens is 1. The Balaban J connectivity index is 1.66. The average Bonchev–Trinajstić information content (AvgIpc) is 3.14. The molecule has 0 unspecified atom stereocenters. The lowest BCUT2D eigenvalue weighted by Gasteiger charge is -2.06. The number of hydrogen-bond acceptors (Lipinski definition) is 2. The Labute approximate surface area is 184 Å².